The Kier molecular flexibility index (Phi) is 5.95. The highest BCUT2D eigenvalue weighted by Gasteiger charge is 2.23. The molecule has 1 aliphatic rings. The fourth-order valence-electron chi connectivity index (χ4n) is 3.51. The maximum atomic E-state index is 12.9. The molecule has 3 aromatic rings. The van der Waals surface area contributed by atoms with Gasteiger partial charge in [0.1, 0.15) is 11.9 Å². The van der Waals surface area contributed by atoms with Gasteiger partial charge in [0.05, 0.1) is 12.2 Å². The number of anilines is 2. The van der Waals surface area contributed by atoms with Crippen LogP contribution in [-0.2, 0) is 9.53 Å². The molecule has 0 aliphatic carbocycles. The van der Waals surface area contributed by atoms with Gasteiger partial charge in [0, 0.05) is 18.0 Å². The number of amides is 2. The molecular weight excluding hydrogens is 380 g/mol. The van der Waals surface area contributed by atoms with E-state index < -0.39 is 0 Å². The number of benzene rings is 3. The molecule has 0 bridgehead atoms. The lowest BCUT2D eigenvalue weighted by Crippen LogP contribution is -2.26. The van der Waals surface area contributed by atoms with Crippen molar-refractivity contribution in [1.29, 1.82) is 0 Å². The lowest BCUT2D eigenvalue weighted by Gasteiger charge is -2.13. The van der Waals surface area contributed by atoms with Crippen molar-refractivity contribution in [3.63, 3.8) is 0 Å². The zero-order chi connectivity index (χ0) is 20.9. The molecule has 1 atom stereocenters. The van der Waals surface area contributed by atoms with Gasteiger partial charge in [0.25, 0.3) is 11.8 Å². The first-order valence-corrected chi connectivity index (χ1v) is 10.1. The molecule has 0 spiro atoms. The number of carbonyl (C=O) groups excluding carboxylic acids is 2. The topological polar surface area (TPSA) is 76.7 Å². The summed E-state index contributed by atoms with van der Waals surface area (Å²) in [6, 6.07) is 18.6. The predicted molar refractivity (Wildman–Crippen MR) is 117 cm³/mol. The van der Waals surface area contributed by atoms with Gasteiger partial charge in [-0.15, -0.1) is 0 Å². The number of nitrogens with one attached hydrogen (secondary N) is 2. The van der Waals surface area contributed by atoms with E-state index in [0.717, 1.165) is 23.6 Å². The molecule has 0 aromatic heterocycles. The van der Waals surface area contributed by atoms with Gasteiger partial charge in [-0.25, -0.2) is 0 Å². The molecule has 1 unspecified atom stereocenters. The van der Waals surface area contributed by atoms with Gasteiger partial charge in [0.15, 0.2) is 0 Å². The Morgan fingerprint density at radius 2 is 1.67 bits per heavy atom. The zero-order valence-corrected chi connectivity index (χ0v) is 16.8. The molecule has 1 heterocycles. The minimum Gasteiger partial charge on any atom is -0.493 e. The maximum absolute atomic E-state index is 12.9. The second-order valence-corrected chi connectivity index (χ2v) is 7.15. The second-order valence-electron chi connectivity index (χ2n) is 7.15. The van der Waals surface area contributed by atoms with E-state index >= 15 is 0 Å². The summed E-state index contributed by atoms with van der Waals surface area (Å²) < 4.78 is 11.1. The van der Waals surface area contributed by atoms with E-state index in [9.17, 15) is 9.59 Å². The van der Waals surface area contributed by atoms with E-state index in [0.29, 0.717) is 35.9 Å². The van der Waals surface area contributed by atoms with Crippen molar-refractivity contribution < 1.29 is 19.1 Å². The Hall–Kier alpha value is -3.38. The van der Waals surface area contributed by atoms with Crippen LogP contribution in [0.2, 0.25) is 0 Å². The van der Waals surface area contributed by atoms with Crippen LogP contribution in [0.15, 0.2) is 60.7 Å². The van der Waals surface area contributed by atoms with Crippen LogP contribution in [-0.4, -0.2) is 31.1 Å². The minimum absolute atomic E-state index is 0.137. The van der Waals surface area contributed by atoms with Crippen LogP contribution in [0.1, 0.15) is 30.1 Å². The second kappa shape index (κ2) is 8.97. The standard InChI is InChI=1S/C24H24N2O4/c1-2-29-22-15-17-7-4-3-6-16(17)14-20(22)23(27)25-18-9-11-19(12-10-18)26-24(28)21-8-5-13-30-21/h3-4,6-7,9-12,14-15,21H,2,5,8,13H2,1H3,(H,25,27)(H,26,28). The largest absolute Gasteiger partial charge is 0.493 e. The van der Waals surface area contributed by atoms with E-state index in [1.165, 1.54) is 0 Å². The van der Waals surface area contributed by atoms with Crippen molar-refractivity contribution in [3.05, 3.63) is 66.2 Å². The summed E-state index contributed by atoms with van der Waals surface area (Å²) >= 11 is 0. The van der Waals surface area contributed by atoms with Gasteiger partial charge in [-0.3, -0.25) is 9.59 Å². The van der Waals surface area contributed by atoms with Crippen LogP contribution in [0.3, 0.4) is 0 Å². The highest BCUT2D eigenvalue weighted by molar-refractivity contribution is 6.08. The lowest BCUT2D eigenvalue weighted by atomic mass is 10.1. The Bertz CT molecular complexity index is 1060. The Morgan fingerprint density at radius 3 is 2.30 bits per heavy atom. The molecule has 2 amide bonds. The van der Waals surface area contributed by atoms with Crippen molar-refractivity contribution >= 4 is 34.0 Å². The Labute approximate surface area is 175 Å². The SMILES string of the molecule is CCOc1cc2ccccc2cc1C(=O)Nc1ccc(NC(=O)C2CCCO2)cc1. The van der Waals surface area contributed by atoms with E-state index in [1.807, 2.05) is 43.3 Å². The Balaban J connectivity index is 1.48. The fourth-order valence-corrected chi connectivity index (χ4v) is 3.51. The highest BCUT2D eigenvalue weighted by atomic mass is 16.5. The van der Waals surface area contributed by atoms with E-state index in [1.54, 1.807) is 24.3 Å². The molecule has 2 N–H and O–H groups in total. The summed E-state index contributed by atoms with van der Waals surface area (Å²) in [6.45, 7) is 2.99. The molecule has 30 heavy (non-hydrogen) atoms. The van der Waals surface area contributed by atoms with E-state index in [2.05, 4.69) is 10.6 Å². The van der Waals surface area contributed by atoms with Gasteiger partial charge >= 0.3 is 0 Å². The summed E-state index contributed by atoms with van der Waals surface area (Å²) in [5.74, 6) is 0.163. The summed E-state index contributed by atoms with van der Waals surface area (Å²) in [5.41, 5.74) is 1.77. The van der Waals surface area contributed by atoms with Crippen molar-refractivity contribution in [2.45, 2.75) is 25.9 Å². The third kappa shape index (κ3) is 4.44. The quantitative estimate of drug-likeness (QED) is 0.629. The Morgan fingerprint density at radius 1 is 1.00 bits per heavy atom. The molecule has 0 saturated carbocycles. The van der Waals surface area contributed by atoms with Gasteiger partial charge in [-0.2, -0.15) is 0 Å². The van der Waals surface area contributed by atoms with Crippen molar-refractivity contribution in [3.8, 4) is 5.75 Å². The van der Waals surface area contributed by atoms with E-state index in [-0.39, 0.29) is 17.9 Å². The molecular formula is C24H24N2O4. The molecule has 154 valence electrons. The number of rotatable bonds is 6. The number of hydrogen-bond donors (Lipinski definition) is 2. The molecule has 6 nitrogen and oxygen atoms in total. The normalized spacial score (nSPS) is 15.7. The number of ether oxygens (including phenoxy) is 2. The number of hydrogen-bond acceptors (Lipinski definition) is 4. The summed E-state index contributed by atoms with van der Waals surface area (Å²) in [5, 5.41) is 7.73. The average Bonchev–Trinajstić information content (AvgIpc) is 3.30. The molecule has 1 fully saturated rings. The van der Waals surface area contributed by atoms with Crippen LogP contribution in [0.4, 0.5) is 11.4 Å². The highest BCUT2D eigenvalue weighted by Crippen LogP contribution is 2.27. The first kappa shape index (κ1) is 19.9. The van der Waals surface area contributed by atoms with Crippen molar-refractivity contribution in [2.24, 2.45) is 0 Å². The predicted octanol–water partition coefficient (Wildman–Crippen LogP) is 4.61. The van der Waals surface area contributed by atoms with E-state index in [4.69, 9.17) is 9.47 Å². The van der Waals surface area contributed by atoms with Gasteiger partial charge < -0.3 is 20.1 Å². The smallest absolute Gasteiger partial charge is 0.259 e. The molecule has 3 aromatic carbocycles. The van der Waals surface area contributed by atoms with Crippen LogP contribution in [0.5, 0.6) is 5.75 Å². The first-order valence-electron chi connectivity index (χ1n) is 10.1. The summed E-state index contributed by atoms with van der Waals surface area (Å²) in [4.78, 5) is 25.1. The fraction of sp³-hybridized carbons (Fsp3) is 0.250. The lowest BCUT2D eigenvalue weighted by molar-refractivity contribution is -0.124. The maximum Gasteiger partial charge on any atom is 0.259 e. The summed E-state index contributed by atoms with van der Waals surface area (Å²) in [6.07, 6.45) is 1.27. The molecule has 1 aliphatic heterocycles. The molecule has 4 rings (SSSR count). The van der Waals surface area contributed by atoms with Crippen LogP contribution in [0, 0.1) is 0 Å². The van der Waals surface area contributed by atoms with Crippen LogP contribution in [0.25, 0.3) is 10.8 Å². The number of fused-ring (bicyclic) bond motifs is 1. The van der Waals surface area contributed by atoms with Gasteiger partial charge in [-0.1, -0.05) is 24.3 Å². The van der Waals surface area contributed by atoms with Crippen LogP contribution >= 0.6 is 0 Å². The monoisotopic (exact) mass is 404 g/mol. The average molecular weight is 404 g/mol. The van der Waals surface area contributed by atoms with Crippen molar-refractivity contribution in [1.82, 2.24) is 0 Å². The van der Waals surface area contributed by atoms with Crippen LogP contribution < -0.4 is 15.4 Å². The first-order chi connectivity index (χ1) is 14.6. The molecule has 0 radical (unpaired) electrons. The molecule has 1 saturated heterocycles. The third-order valence-electron chi connectivity index (χ3n) is 5.02. The van der Waals surface area contributed by atoms with Gasteiger partial charge in [-0.05, 0) is 66.9 Å². The zero-order valence-electron chi connectivity index (χ0n) is 16.8. The molecule has 6 heteroatoms. The summed E-state index contributed by atoms with van der Waals surface area (Å²) in [7, 11) is 0. The van der Waals surface area contributed by atoms with Crippen molar-refractivity contribution in [2.75, 3.05) is 23.8 Å². The number of carbonyl (C=O) groups is 2. The van der Waals surface area contributed by atoms with Gasteiger partial charge in [0.2, 0.25) is 0 Å². The third-order valence-corrected chi connectivity index (χ3v) is 5.02. The minimum atomic E-state index is -0.380.